The first-order valence-corrected chi connectivity index (χ1v) is 10.6. The third-order valence-electron chi connectivity index (χ3n) is 6.63. The van der Waals surface area contributed by atoms with Gasteiger partial charge in [0.05, 0.1) is 17.8 Å². The number of benzene rings is 1. The summed E-state index contributed by atoms with van der Waals surface area (Å²) in [6, 6.07) is 8.57. The molecular formula is C23H31N3O. The Kier molecular flexibility index (Phi) is 5.18. The van der Waals surface area contributed by atoms with Gasteiger partial charge in [-0.05, 0) is 37.9 Å². The summed E-state index contributed by atoms with van der Waals surface area (Å²) in [7, 11) is 0. The maximum absolute atomic E-state index is 13.3. The van der Waals surface area contributed by atoms with E-state index in [1.54, 1.807) is 0 Å². The van der Waals surface area contributed by atoms with Crippen LogP contribution in [0.2, 0.25) is 0 Å². The van der Waals surface area contributed by atoms with E-state index in [1.165, 1.54) is 31.2 Å². The van der Waals surface area contributed by atoms with Gasteiger partial charge in [-0.3, -0.25) is 9.69 Å². The van der Waals surface area contributed by atoms with Gasteiger partial charge in [-0.15, -0.1) is 0 Å². The van der Waals surface area contributed by atoms with Gasteiger partial charge in [-0.2, -0.15) is 0 Å². The van der Waals surface area contributed by atoms with Crippen molar-refractivity contribution in [2.75, 3.05) is 13.1 Å². The van der Waals surface area contributed by atoms with Crippen molar-refractivity contribution in [1.82, 2.24) is 14.9 Å². The standard InChI is InChI=1S/C23H31N3O/c1-3-26(4-2)16-19-24-21-18-12-8-7-11-17(18)15-23(20(21)22(27)25-19)13-9-5-6-10-14-23/h7-8,11-12H,3-6,9-10,13-16H2,1-2H3,(H,24,25,27). The number of hydrogen-bond donors (Lipinski definition) is 1. The Morgan fingerprint density at radius 3 is 2.48 bits per heavy atom. The largest absolute Gasteiger partial charge is 0.309 e. The molecule has 27 heavy (non-hydrogen) atoms. The smallest absolute Gasteiger partial charge is 0.255 e. The molecular weight excluding hydrogens is 334 g/mol. The Hall–Kier alpha value is -1.94. The van der Waals surface area contributed by atoms with Gasteiger partial charge in [0.15, 0.2) is 0 Å². The van der Waals surface area contributed by atoms with Crippen LogP contribution >= 0.6 is 0 Å². The molecule has 2 aromatic rings. The molecule has 1 N–H and O–H groups in total. The van der Waals surface area contributed by atoms with Gasteiger partial charge in [0.25, 0.3) is 5.56 Å². The number of aromatic amines is 1. The first-order valence-electron chi connectivity index (χ1n) is 10.6. The highest BCUT2D eigenvalue weighted by Crippen LogP contribution is 2.47. The maximum atomic E-state index is 13.3. The molecule has 0 atom stereocenters. The van der Waals surface area contributed by atoms with E-state index in [0.29, 0.717) is 6.54 Å². The molecule has 2 aliphatic carbocycles. The summed E-state index contributed by atoms with van der Waals surface area (Å²) in [4.78, 5) is 23.8. The summed E-state index contributed by atoms with van der Waals surface area (Å²) < 4.78 is 0. The SMILES string of the molecule is CCN(CC)Cc1nc2c(c(=O)[nH]1)C1(CCCCCC1)Cc1ccccc1-2. The van der Waals surface area contributed by atoms with Gasteiger partial charge in [0.2, 0.25) is 0 Å². The molecule has 2 aliphatic rings. The predicted molar refractivity (Wildman–Crippen MR) is 110 cm³/mol. The quantitative estimate of drug-likeness (QED) is 0.872. The zero-order valence-electron chi connectivity index (χ0n) is 16.7. The van der Waals surface area contributed by atoms with Gasteiger partial charge in [0, 0.05) is 11.0 Å². The minimum Gasteiger partial charge on any atom is -0.309 e. The maximum Gasteiger partial charge on any atom is 0.255 e. The van der Waals surface area contributed by atoms with Crippen molar-refractivity contribution < 1.29 is 0 Å². The lowest BCUT2D eigenvalue weighted by Gasteiger charge is -2.38. The van der Waals surface area contributed by atoms with Crippen molar-refractivity contribution in [3.05, 3.63) is 51.6 Å². The van der Waals surface area contributed by atoms with Crippen LogP contribution in [0.1, 0.15) is 69.3 Å². The topological polar surface area (TPSA) is 49.0 Å². The van der Waals surface area contributed by atoms with Crippen LogP contribution in [0.3, 0.4) is 0 Å². The van der Waals surface area contributed by atoms with E-state index in [0.717, 1.165) is 55.0 Å². The average molecular weight is 366 g/mol. The highest BCUT2D eigenvalue weighted by molar-refractivity contribution is 5.71. The van der Waals surface area contributed by atoms with Crippen LogP contribution in [0.15, 0.2) is 29.1 Å². The van der Waals surface area contributed by atoms with E-state index < -0.39 is 0 Å². The molecule has 4 nitrogen and oxygen atoms in total. The third kappa shape index (κ3) is 3.36. The summed E-state index contributed by atoms with van der Waals surface area (Å²) in [5, 5.41) is 0. The molecule has 4 heteroatoms. The second-order valence-corrected chi connectivity index (χ2v) is 8.23. The Balaban J connectivity index is 1.87. The molecule has 144 valence electrons. The monoisotopic (exact) mass is 365 g/mol. The van der Waals surface area contributed by atoms with Crippen LogP contribution in [-0.2, 0) is 18.4 Å². The van der Waals surface area contributed by atoms with Crippen LogP contribution in [0.4, 0.5) is 0 Å². The molecule has 0 amide bonds. The number of nitrogens with one attached hydrogen (secondary N) is 1. The third-order valence-corrected chi connectivity index (χ3v) is 6.63. The van der Waals surface area contributed by atoms with Crippen molar-refractivity contribution in [2.45, 2.75) is 70.8 Å². The Bertz CT molecular complexity index is 858. The normalized spacial score (nSPS) is 18.2. The van der Waals surface area contributed by atoms with E-state index in [9.17, 15) is 4.79 Å². The van der Waals surface area contributed by atoms with Crippen molar-refractivity contribution in [1.29, 1.82) is 0 Å². The van der Waals surface area contributed by atoms with E-state index in [4.69, 9.17) is 4.98 Å². The second kappa shape index (κ2) is 7.59. The molecule has 0 saturated heterocycles. The summed E-state index contributed by atoms with van der Waals surface area (Å²) in [6.45, 7) is 6.91. The van der Waals surface area contributed by atoms with Crippen LogP contribution in [0.5, 0.6) is 0 Å². The van der Waals surface area contributed by atoms with E-state index in [1.807, 2.05) is 0 Å². The summed E-state index contributed by atoms with van der Waals surface area (Å²) >= 11 is 0. The predicted octanol–water partition coefficient (Wildman–Crippen LogP) is 4.43. The molecule has 1 heterocycles. The number of hydrogen-bond acceptors (Lipinski definition) is 3. The molecule has 0 radical (unpaired) electrons. The molecule has 0 aliphatic heterocycles. The van der Waals surface area contributed by atoms with Crippen molar-refractivity contribution in [2.24, 2.45) is 0 Å². The average Bonchev–Trinajstić information content (AvgIpc) is 2.91. The summed E-state index contributed by atoms with van der Waals surface area (Å²) in [5.41, 5.74) is 4.50. The molecule has 1 aromatic heterocycles. The number of fused-ring (bicyclic) bond motifs is 4. The number of nitrogens with zero attached hydrogens (tertiary/aromatic N) is 2. The van der Waals surface area contributed by atoms with Crippen LogP contribution in [0.25, 0.3) is 11.3 Å². The zero-order valence-corrected chi connectivity index (χ0v) is 16.7. The van der Waals surface area contributed by atoms with Crippen LogP contribution < -0.4 is 5.56 Å². The number of rotatable bonds is 4. The lowest BCUT2D eigenvalue weighted by Crippen LogP contribution is -2.39. The lowest BCUT2D eigenvalue weighted by atomic mass is 9.65. The molecule has 1 fully saturated rings. The minimum absolute atomic E-state index is 0.0332. The molecule has 1 spiro atoms. The van der Waals surface area contributed by atoms with Crippen LogP contribution in [0, 0.1) is 0 Å². The molecule has 1 aromatic carbocycles. The molecule has 4 rings (SSSR count). The van der Waals surface area contributed by atoms with Crippen molar-refractivity contribution in [3.8, 4) is 11.3 Å². The first-order chi connectivity index (χ1) is 13.2. The van der Waals surface area contributed by atoms with Crippen LogP contribution in [-0.4, -0.2) is 28.0 Å². The van der Waals surface area contributed by atoms with Gasteiger partial charge < -0.3 is 4.98 Å². The van der Waals surface area contributed by atoms with Gasteiger partial charge in [-0.25, -0.2) is 4.98 Å². The molecule has 1 saturated carbocycles. The fourth-order valence-corrected chi connectivity index (χ4v) is 5.13. The van der Waals surface area contributed by atoms with E-state index >= 15 is 0 Å². The Labute approximate surface area is 162 Å². The highest BCUT2D eigenvalue weighted by atomic mass is 16.1. The lowest BCUT2D eigenvalue weighted by molar-refractivity contribution is 0.287. The minimum atomic E-state index is -0.0332. The van der Waals surface area contributed by atoms with Crippen molar-refractivity contribution >= 4 is 0 Å². The first kappa shape index (κ1) is 18.4. The van der Waals surface area contributed by atoms with Crippen molar-refractivity contribution in [3.63, 3.8) is 0 Å². The fraction of sp³-hybridized carbons (Fsp3) is 0.565. The number of aromatic nitrogens is 2. The Morgan fingerprint density at radius 1 is 1.07 bits per heavy atom. The van der Waals surface area contributed by atoms with Gasteiger partial charge in [0.1, 0.15) is 5.82 Å². The summed E-state index contributed by atoms with van der Waals surface area (Å²) in [5.74, 6) is 0.794. The fourth-order valence-electron chi connectivity index (χ4n) is 5.13. The van der Waals surface area contributed by atoms with Gasteiger partial charge >= 0.3 is 0 Å². The highest BCUT2D eigenvalue weighted by Gasteiger charge is 2.42. The number of H-pyrrole nitrogens is 1. The zero-order chi connectivity index (χ0) is 18.9. The molecule has 0 unspecified atom stereocenters. The van der Waals surface area contributed by atoms with E-state index in [-0.39, 0.29) is 11.0 Å². The summed E-state index contributed by atoms with van der Waals surface area (Å²) in [6.07, 6.45) is 8.18. The second-order valence-electron chi connectivity index (χ2n) is 8.23. The van der Waals surface area contributed by atoms with Gasteiger partial charge in [-0.1, -0.05) is 63.8 Å². The molecule has 0 bridgehead atoms. The van der Waals surface area contributed by atoms with E-state index in [2.05, 4.69) is 48.0 Å². The Morgan fingerprint density at radius 2 is 1.78 bits per heavy atom.